The van der Waals surface area contributed by atoms with E-state index in [0.29, 0.717) is 17.5 Å². The maximum atomic E-state index is 12.8. The number of rotatable bonds is 2. The summed E-state index contributed by atoms with van der Waals surface area (Å²) in [5.41, 5.74) is 5.90. The van der Waals surface area contributed by atoms with E-state index in [1.165, 1.54) is 5.56 Å². The number of hydrogen-bond donors (Lipinski definition) is 0. The van der Waals surface area contributed by atoms with Crippen LogP contribution in [0, 0.1) is 5.21 Å². The smallest absolute Gasteiger partial charge is 0.256 e. The van der Waals surface area contributed by atoms with E-state index in [-0.39, 0.29) is 0 Å². The van der Waals surface area contributed by atoms with E-state index >= 15 is 0 Å². The van der Waals surface area contributed by atoms with Gasteiger partial charge in [0.1, 0.15) is 5.69 Å². The molecule has 0 N–H and O–H groups in total. The van der Waals surface area contributed by atoms with Gasteiger partial charge in [-0.3, -0.25) is 0 Å². The van der Waals surface area contributed by atoms with E-state index < -0.39 is 0 Å². The van der Waals surface area contributed by atoms with Crippen LogP contribution in [-0.2, 0) is 0 Å². The molecular weight excluding hydrogens is 296 g/mol. The van der Waals surface area contributed by atoms with Crippen molar-refractivity contribution < 1.29 is 4.85 Å². The standard InChI is InChI=1S/C21H16N2O/c24-23-21(15-9-5-2-6-10-15)19-17-12-11-16(13-17)18(19)20(22-23)14-7-3-1-4-8-14/h1-12,16-17H,13H2. The zero-order valence-electron chi connectivity index (χ0n) is 13.1. The van der Waals surface area contributed by atoms with Gasteiger partial charge in [0.15, 0.2) is 0 Å². The molecule has 2 aromatic carbocycles. The van der Waals surface area contributed by atoms with E-state index in [4.69, 9.17) is 0 Å². The van der Waals surface area contributed by atoms with Crippen LogP contribution in [0.2, 0.25) is 0 Å². The highest BCUT2D eigenvalue weighted by molar-refractivity contribution is 5.74. The molecule has 2 aliphatic rings. The largest absolute Gasteiger partial charge is 0.594 e. The van der Waals surface area contributed by atoms with Crippen LogP contribution in [0.4, 0.5) is 0 Å². The molecule has 0 saturated heterocycles. The van der Waals surface area contributed by atoms with E-state index in [1.54, 1.807) is 0 Å². The van der Waals surface area contributed by atoms with Crippen LogP contribution in [0.1, 0.15) is 29.4 Å². The molecule has 116 valence electrons. The second kappa shape index (κ2) is 5.03. The third-order valence-electron chi connectivity index (χ3n) is 5.10. The molecule has 2 unspecified atom stereocenters. The van der Waals surface area contributed by atoms with Gasteiger partial charge in [-0.25, -0.2) is 0 Å². The number of aromatic nitrogens is 2. The van der Waals surface area contributed by atoms with Gasteiger partial charge in [0.05, 0.1) is 5.56 Å². The predicted molar refractivity (Wildman–Crippen MR) is 93.3 cm³/mol. The predicted octanol–water partition coefficient (Wildman–Crippen LogP) is 4.19. The van der Waals surface area contributed by atoms with Crippen molar-refractivity contribution in [2.75, 3.05) is 0 Å². The van der Waals surface area contributed by atoms with Crippen molar-refractivity contribution in [3.05, 3.63) is 89.1 Å². The van der Waals surface area contributed by atoms with Crippen LogP contribution in [0.25, 0.3) is 22.5 Å². The summed E-state index contributed by atoms with van der Waals surface area (Å²) in [7, 11) is 0. The molecule has 0 spiro atoms. The third kappa shape index (κ3) is 1.84. The summed E-state index contributed by atoms with van der Waals surface area (Å²) in [6, 6.07) is 19.9. The normalized spacial score (nSPS) is 20.3. The molecule has 3 nitrogen and oxygen atoms in total. The van der Waals surface area contributed by atoms with Crippen LogP contribution < -0.4 is 4.85 Å². The number of allylic oxidation sites excluding steroid dienone is 2. The van der Waals surface area contributed by atoms with Crippen LogP contribution in [0.5, 0.6) is 0 Å². The van der Waals surface area contributed by atoms with E-state index in [1.807, 2.05) is 60.7 Å². The molecule has 0 amide bonds. The topological polar surface area (TPSA) is 39.8 Å². The van der Waals surface area contributed by atoms with Crippen molar-refractivity contribution in [3.8, 4) is 22.5 Å². The first-order chi connectivity index (χ1) is 11.8. The Balaban J connectivity index is 1.82. The van der Waals surface area contributed by atoms with Crippen molar-refractivity contribution in [1.29, 1.82) is 0 Å². The lowest BCUT2D eigenvalue weighted by atomic mass is 9.90. The first-order valence-electron chi connectivity index (χ1n) is 8.30. The minimum absolute atomic E-state index is 0.325. The van der Waals surface area contributed by atoms with Gasteiger partial charge in [0, 0.05) is 33.6 Å². The fraction of sp³-hybridized carbons (Fsp3) is 0.143. The fourth-order valence-corrected chi connectivity index (χ4v) is 4.10. The average Bonchev–Trinajstić information content (AvgIpc) is 3.25. The molecule has 3 heteroatoms. The Kier molecular flexibility index (Phi) is 2.83. The highest BCUT2D eigenvalue weighted by Crippen LogP contribution is 2.53. The third-order valence-corrected chi connectivity index (χ3v) is 5.10. The van der Waals surface area contributed by atoms with Gasteiger partial charge in [0.25, 0.3) is 5.69 Å². The monoisotopic (exact) mass is 312 g/mol. The Morgan fingerprint density at radius 2 is 1.38 bits per heavy atom. The molecule has 1 aromatic heterocycles. The zero-order valence-corrected chi connectivity index (χ0v) is 13.1. The molecule has 2 atom stereocenters. The first-order valence-corrected chi connectivity index (χ1v) is 8.30. The van der Waals surface area contributed by atoms with Crippen molar-refractivity contribution in [2.45, 2.75) is 18.3 Å². The second-order valence-electron chi connectivity index (χ2n) is 6.46. The van der Waals surface area contributed by atoms with E-state index in [9.17, 15) is 5.21 Å². The molecule has 2 bridgehead atoms. The summed E-state index contributed by atoms with van der Waals surface area (Å²) >= 11 is 0. The van der Waals surface area contributed by atoms with Gasteiger partial charge >= 0.3 is 0 Å². The number of benzene rings is 2. The lowest BCUT2D eigenvalue weighted by Crippen LogP contribution is -2.36. The molecule has 5 rings (SSSR count). The van der Waals surface area contributed by atoms with Crippen molar-refractivity contribution in [2.24, 2.45) is 0 Å². The quantitative estimate of drug-likeness (QED) is 0.404. The first kappa shape index (κ1) is 13.5. The van der Waals surface area contributed by atoms with Crippen LogP contribution >= 0.6 is 0 Å². The minimum atomic E-state index is 0.325. The number of nitrogens with zero attached hydrogens (tertiary/aromatic N) is 2. The fourth-order valence-electron chi connectivity index (χ4n) is 4.10. The minimum Gasteiger partial charge on any atom is -0.594 e. The highest BCUT2D eigenvalue weighted by Gasteiger charge is 2.41. The van der Waals surface area contributed by atoms with Crippen LogP contribution in [0.3, 0.4) is 0 Å². The molecule has 24 heavy (non-hydrogen) atoms. The van der Waals surface area contributed by atoms with Crippen LogP contribution in [-0.4, -0.2) is 5.10 Å². The zero-order chi connectivity index (χ0) is 16.1. The molecule has 0 saturated carbocycles. The molecule has 1 heterocycles. The van der Waals surface area contributed by atoms with Crippen molar-refractivity contribution in [3.63, 3.8) is 0 Å². The second-order valence-corrected chi connectivity index (χ2v) is 6.46. The summed E-state index contributed by atoms with van der Waals surface area (Å²) in [4.78, 5) is 0.824. The summed E-state index contributed by atoms with van der Waals surface area (Å²) in [6.45, 7) is 0. The molecule has 2 aliphatic carbocycles. The lowest BCUT2D eigenvalue weighted by molar-refractivity contribution is -0.657. The van der Waals surface area contributed by atoms with Gasteiger partial charge in [-0.05, 0) is 23.4 Å². The number of hydrogen-bond acceptors (Lipinski definition) is 2. The Morgan fingerprint density at radius 3 is 2.04 bits per heavy atom. The molecule has 0 fully saturated rings. The van der Waals surface area contributed by atoms with Gasteiger partial charge in [0.2, 0.25) is 0 Å². The highest BCUT2D eigenvalue weighted by atomic mass is 16.5. The Hall–Kier alpha value is -2.94. The molecule has 0 radical (unpaired) electrons. The van der Waals surface area contributed by atoms with Gasteiger partial charge in [-0.1, -0.05) is 60.7 Å². The average molecular weight is 312 g/mol. The van der Waals surface area contributed by atoms with Gasteiger partial charge in [-0.2, -0.15) is 0 Å². The van der Waals surface area contributed by atoms with Gasteiger partial charge in [-0.15, -0.1) is 0 Å². The summed E-state index contributed by atoms with van der Waals surface area (Å²) in [5, 5.41) is 17.3. The van der Waals surface area contributed by atoms with E-state index in [0.717, 1.165) is 33.7 Å². The summed E-state index contributed by atoms with van der Waals surface area (Å²) in [6.07, 6.45) is 5.57. The Labute approximate surface area is 140 Å². The maximum Gasteiger partial charge on any atom is 0.256 e. The van der Waals surface area contributed by atoms with Gasteiger partial charge < -0.3 is 5.21 Å². The van der Waals surface area contributed by atoms with Crippen molar-refractivity contribution >= 4 is 0 Å². The molecule has 3 aromatic rings. The Morgan fingerprint density at radius 1 is 0.792 bits per heavy atom. The lowest BCUT2D eigenvalue weighted by Gasteiger charge is -2.17. The summed E-state index contributed by atoms with van der Waals surface area (Å²) in [5.74, 6) is 0.697. The van der Waals surface area contributed by atoms with Crippen LogP contribution in [0.15, 0.2) is 72.8 Å². The SMILES string of the molecule is [O-][n+]1nc(-c2ccccc2)c2c(c1-c1ccccc1)C1C=CC2C1. The van der Waals surface area contributed by atoms with E-state index in [2.05, 4.69) is 17.3 Å². The Bertz CT molecular complexity index is 949. The maximum absolute atomic E-state index is 12.8. The molecule has 0 aliphatic heterocycles. The molecular formula is C21H16N2O. The summed E-state index contributed by atoms with van der Waals surface area (Å²) < 4.78 is 0. The number of fused-ring (bicyclic) bond motifs is 5. The van der Waals surface area contributed by atoms with Crippen molar-refractivity contribution in [1.82, 2.24) is 5.10 Å².